The standard InChI is InChI=1S/C10H11FN2O/c1-14-6-10(13)7-2-3-9(11)8(4-7)5-12/h2-4,10H,6,13H2,1H3/t10-/m1/s1. The molecule has 0 spiro atoms. The molecule has 0 saturated heterocycles. The van der Waals surface area contributed by atoms with E-state index >= 15 is 0 Å². The quantitative estimate of drug-likeness (QED) is 0.789. The fourth-order valence-electron chi connectivity index (χ4n) is 1.13. The monoisotopic (exact) mass is 194 g/mol. The average Bonchev–Trinajstić information content (AvgIpc) is 2.19. The highest BCUT2D eigenvalue weighted by atomic mass is 19.1. The molecule has 74 valence electrons. The molecule has 0 aliphatic rings. The second-order valence-corrected chi connectivity index (χ2v) is 2.91. The lowest BCUT2D eigenvalue weighted by atomic mass is 10.1. The topological polar surface area (TPSA) is 59.0 Å². The first kappa shape index (κ1) is 10.6. The van der Waals surface area contributed by atoms with E-state index in [1.807, 2.05) is 0 Å². The molecule has 2 N–H and O–H groups in total. The number of hydrogen-bond acceptors (Lipinski definition) is 3. The average molecular weight is 194 g/mol. The minimum absolute atomic E-state index is 0.00838. The molecule has 1 aromatic carbocycles. The van der Waals surface area contributed by atoms with Crippen LogP contribution in [-0.2, 0) is 4.74 Å². The molecule has 0 radical (unpaired) electrons. The summed E-state index contributed by atoms with van der Waals surface area (Å²) < 4.78 is 17.8. The molecule has 1 rings (SSSR count). The Morgan fingerprint density at radius 1 is 1.64 bits per heavy atom. The van der Waals surface area contributed by atoms with Crippen molar-refractivity contribution < 1.29 is 9.13 Å². The summed E-state index contributed by atoms with van der Waals surface area (Å²) in [6, 6.07) is 5.67. The van der Waals surface area contributed by atoms with Gasteiger partial charge in [-0.25, -0.2) is 4.39 Å². The third kappa shape index (κ3) is 2.28. The van der Waals surface area contributed by atoms with E-state index in [9.17, 15) is 4.39 Å². The summed E-state index contributed by atoms with van der Waals surface area (Å²) in [6.07, 6.45) is 0. The first-order chi connectivity index (χ1) is 6.69. The van der Waals surface area contributed by atoms with Crippen LogP contribution >= 0.6 is 0 Å². The zero-order valence-corrected chi connectivity index (χ0v) is 7.83. The number of halogens is 1. The van der Waals surface area contributed by atoms with Crippen molar-refractivity contribution >= 4 is 0 Å². The maximum absolute atomic E-state index is 12.9. The zero-order chi connectivity index (χ0) is 10.6. The molecule has 0 unspecified atom stereocenters. The smallest absolute Gasteiger partial charge is 0.140 e. The Morgan fingerprint density at radius 2 is 2.36 bits per heavy atom. The van der Waals surface area contributed by atoms with Crippen LogP contribution in [0.1, 0.15) is 17.2 Å². The van der Waals surface area contributed by atoms with Gasteiger partial charge < -0.3 is 10.5 Å². The number of nitrogens with zero attached hydrogens (tertiary/aromatic N) is 1. The van der Waals surface area contributed by atoms with E-state index in [2.05, 4.69) is 0 Å². The van der Waals surface area contributed by atoms with Crippen LogP contribution in [0.4, 0.5) is 4.39 Å². The number of rotatable bonds is 3. The maximum Gasteiger partial charge on any atom is 0.140 e. The van der Waals surface area contributed by atoms with Crippen LogP contribution in [0.5, 0.6) is 0 Å². The number of ether oxygens (including phenoxy) is 1. The Hall–Kier alpha value is -1.44. The zero-order valence-electron chi connectivity index (χ0n) is 7.83. The molecule has 0 fully saturated rings. The normalized spacial score (nSPS) is 12.1. The van der Waals surface area contributed by atoms with Gasteiger partial charge in [-0.05, 0) is 17.7 Å². The van der Waals surface area contributed by atoms with Gasteiger partial charge in [0.2, 0.25) is 0 Å². The summed E-state index contributed by atoms with van der Waals surface area (Å²) in [5.41, 5.74) is 6.43. The molecule has 3 nitrogen and oxygen atoms in total. The molecular formula is C10H11FN2O. The number of methoxy groups -OCH3 is 1. The third-order valence-corrected chi connectivity index (χ3v) is 1.89. The minimum atomic E-state index is -0.527. The summed E-state index contributed by atoms with van der Waals surface area (Å²) in [7, 11) is 1.54. The highest BCUT2D eigenvalue weighted by Crippen LogP contribution is 2.15. The molecule has 0 heterocycles. The molecule has 4 heteroatoms. The van der Waals surface area contributed by atoms with Crippen molar-refractivity contribution in [2.24, 2.45) is 5.73 Å². The van der Waals surface area contributed by atoms with Crippen molar-refractivity contribution in [3.8, 4) is 6.07 Å². The van der Waals surface area contributed by atoms with Gasteiger partial charge in [0.25, 0.3) is 0 Å². The van der Waals surface area contributed by atoms with Gasteiger partial charge in [-0.1, -0.05) is 6.07 Å². The molecular weight excluding hydrogens is 183 g/mol. The van der Waals surface area contributed by atoms with Crippen molar-refractivity contribution in [2.75, 3.05) is 13.7 Å². The van der Waals surface area contributed by atoms with Gasteiger partial charge in [0.05, 0.1) is 18.2 Å². The van der Waals surface area contributed by atoms with E-state index in [0.717, 1.165) is 0 Å². The van der Waals surface area contributed by atoms with Crippen molar-refractivity contribution in [1.29, 1.82) is 5.26 Å². The molecule has 0 aromatic heterocycles. The van der Waals surface area contributed by atoms with Crippen LogP contribution in [0, 0.1) is 17.1 Å². The molecule has 0 aliphatic heterocycles. The van der Waals surface area contributed by atoms with Crippen LogP contribution in [0.15, 0.2) is 18.2 Å². The van der Waals surface area contributed by atoms with Gasteiger partial charge in [0.15, 0.2) is 0 Å². The second-order valence-electron chi connectivity index (χ2n) is 2.91. The molecule has 14 heavy (non-hydrogen) atoms. The van der Waals surface area contributed by atoms with E-state index in [-0.39, 0.29) is 11.6 Å². The summed E-state index contributed by atoms with van der Waals surface area (Å²) in [5, 5.41) is 8.59. The highest BCUT2D eigenvalue weighted by Gasteiger charge is 2.08. The van der Waals surface area contributed by atoms with E-state index in [1.54, 1.807) is 12.1 Å². The molecule has 1 aromatic rings. The Morgan fingerprint density at radius 3 is 2.93 bits per heavy atom. The molecule has 0 aliphatic carbocycles. The Kier molecular flexibility index (Phi) is 3.57. The van der Waals surface area contributed by atoms with E-state index in [0.29, 0.717) is 12.2 Å². The van der Waals surface area contributed by atoms with Gasteiger partial charge in [-0.3, -0.25) is 0 Å². The second kappa shape index (κ2) is 4.70. The molecule has 0 bridgehead atoms. The van der Waals surface area contributed by atoms with Gasteiger partial charge in [-0.15, -0.1) is 0 Å². The summed E-state index contributed by atoms with van der Waals surface area (Å²) in [4.78, 5) is 0. The summed E-state index contributed by atoms with van der Waals surface area (Å²) in [5.74, 6) is -0.527. The largest absolute Gasteiger partial charge is 0.383 e. The Labute approximate surface area is 81.9 Å². The lowest BCUT2D eigenvalue weighted by Crippen LogP contribution is -2.16. The number of benzene rings is 1. The summed E-state index contributed by atoms with van der Waals surface area (Å²) >= 11 is 0. The van der Waals surface area contributed by atoms with Gasteiger partial charge in [0, 0.05) is 7.11 Å². The SMILES string of the molecule is COC[C@@H](N)c1ccc(F)c(C#N)c1. The van der Waals surface area contributed by atoms with Crippen LogP contribution in [0.2, 0.25) is 0 Å². The number of nitriles is 1. The van der Waals surface area contributed by atoms with E-state index in [4.69, 9.17) is 15.7 Å². The molecule has 0 amide bonds. The first-order valence-electron chi connectivity index (χ1n) is 4.13. The van der Waals surface area contributed by atoms with E-state index in [1.165, 1.54) is 19.2 Å². The predicted octanol–water partition coefficient (Wildman–Crippen LogP) is 1.34. The number of nitrogens with two attached hydrogens (primary N) is 1. The third-order valence-electron chi connectivity index (χ3n) is 1.89. The highest BCUT2D eigenvalue weighted by molar-refractivity contribution is 5.35. The minimum Gasteiger partial charge on any atom is -0.383 e. The van der Waals surface area contributed by atoms with Gasteiger partial charge in [-0.2, -0.15) is 5.26 Å². The van der Waals surface area contributed by atoms with Gasteiger partial charge in [0.1, 0.15) is 11.9 Å². The first-order valence-corrected chi connectivity index (χ1v) is 4.13. The Balaban J connectivity index is 2.95. The molecule has 0 saturated carbocycles. The lowest BCUT2D eigenvalue weighted by molar-refractivity contribution is 0.181. The van der Waals surface area contributed by atoms with Crippen molar-refractivity contribution in [1.82, 2.24) is 0 Å². The Bertz CT molecular complexity index is 360. The summed E-state index contributed by atoms with van der Waals surface area (Å²) in [6.45, 7) is 0.344. The fraction of sp³-hybridized carbons (Fsp3) is 0.300. The lowest BCUT2D eigenvalue weighted by Gasteiger charge is -2.10. The predicted molar refractivity (Wildman–Crippen MR) is 49.9 cm³/mol. The maximum atomic E-state index is 12.9. The van der Waals surface area contributed by atoms with Crippen LogP contribution in [0.25, 0.3) is 0 Å². The molecule has 1 atom stereocenters. The van der Waals surface area contributed by atoms with Crippen molar-refractivity contribution in [3.63, 3.8) is 0 Å². The van der Waals surface area contributed by atoms with Crippen LogP contribution in [-0.4, -0.2) is 13.7 Å². The van der Waals surface area contributed by atoms with Crippen LogP contribution in [0.3, 0.4) is 0 Å². The van der Waals surface area contributed by atoms with Crippen LogP contribution < -0.4 is 5.73 Å². The van der Waals surface area contributed by atoms with Crippen molar-refractivity contribution in [3.05, 3.63) is 35.1 Å². The fourth-order valence-corrected chi connectivity index (χ4v) is 1.13. The van der Waals surface area contributed by atoms with Gasteiger partial charge >= 0.3 is 0 Å². The van der Waals surface area contributed by atoms with E-state index < -0.39 is 5.82 Å². The number of hydrogen-bond donors (Lipinski definition) is 1. The van der Waals surface area contributed by atoms with Crippen molar-refractivity contribution in [2.45, 2.75) is 6.04 Å².